The number of benzene rings is 1. The van der Waals surface area contributed by atoms with Gasteiger partial charge in [-0.3, -0.25) is 14.5 Å². The Kier molecular flexibility index (Phi) is 10.4. The second kappa shape index (κ2) is 12.5. The van der Waals surface area contributed by atoms with Gasteiger partial charge in [0.05, 0.1) is 18.7 Å². The number of halogens is 2. The Labute approximate surface area is 189 Å². The van der Waals surface area contributed by atoms with E-state index in [0.29, 0.717) is 29.7 Å². The number of nitrogens with zero attached hydrogens (tertiary/aromatic N) is 1. The Bertz CT molecular complexity index is 707. The van der Waals surface area contributed by atoms with E-state index in [9.17, 15) is 9.59 Å². The number of carbonyl (C=O) groups is 2. The van der Waals surface area contributed by atoms with Crippen molar-refractivity contribution in [1.82, 2.24) is 15.5 Å². The summed E-state index contributed by atoms with van der Waals surface area (Å²) in [7, 11) is 0. The standard InChI is InChI=1S/C22H33Cl2N3O3/c1-15(2)30-12-4-9-25-22(29)17-7-10-27(11-8-17)14-21(28)26-16(3)19-6-5-18(23)13-20(19)24/h5-6,13,15-17H,4,7-12,14H2,1-3H3,(H,25,29)(H,26,28). The molecule has 0 spiro atoms. The second-order valence-electron chi connectivity index (χ2n) is 8.07. The van der Waals surface area contributed by atoms with Crippen molar-refractivity contribution in [2.24, 2.45) is 5.92 Å². The minimum absolute atomic E-state index is 0.0159. The van der Waals surface area contributed by atoms with E-state index in [1.165, 1.54) is 0 Å². The summed E-state index contributed by atoms with van der Waals surface area (Å²) >= 11 is 12.2. The average molecular weight is 458 g/mol. The Hall–Kier alpha value is -1.34. The van der Waals surface area contributed by atoms with E-state index in [-0.39, 0.29) is 29.9 Å². The quantitative estimate of drug-likeness (QED) is 0.523. The molecule has 2 rings (SSSR count). The molecule has 1 aliphatic heterocycles. The number of piperidine rings is 1. The molecule has 1 atom stereocenters. The van der Waals surface area contributed by atoms with Gasteiger partial charge in [0, 0.05) is 29.1 Å². The smallest absolute Gasteiger partial charge is 0.234 e. The van der Waals surface area contributed by atoms with Crippen molar-refractivity contribution in [3.05, 3.63) is 33.8 Å². The van der Waals surface area contributed by atoms with Crippen LogP contribution in [-0.4, -0.2) is 55.6 Å². The van der Waals surface area contributed by atoms with Gasteiger partial charge < -0.3 is 15.4 Å². The highest BCUT2D eigenvalue weighted by Crippen LogP contribution is 2.26. The second-order valence-corrected chi connectivity index (χ2v) is 8.91. The van der Waals surface area contributed by atoms with Crippen molar-refractivity contribution in [3.8, 4) is 0 Å². The Morgan fingerprint density at radius 1 is 1.20 bits per heavy atom. The molecule has 6 nitrogen and oxygen atoms in total. The van der Waals surface area contributed by atoms with Crippen molar-refractivity contribution in [3.63, 3.8) is 0 Å². The average Bonchev–Trinajstić information content (AvgIpc) is 2.67. The molecule has 1 heterocycles. The summed E-state index contributed by atoms with van der Waals surface area (Å²) in [6.45, 7) is 8.98. The maximum atomic E-state index is 12.4. The topological polar surface area (TPSA) is 70.7 Å². The maximum Gasteiger partial charge on any atom is 0.234 e. The van der Waals surface area contributed by atoms with Gasteiger partial charge in [0.1, 0.15) is 0 Å². The van der Waals surface area contributed by atoms with Crippen LogP contribution >= 0.6 is 23.2 Å². The summed E-state index contributed by atoms with van der Waals surface area (Å²) in [6, 6.07) is 5.06. The summed E-state index contributed by atoms with van der Waals surface area (Å²) in [4.78, 5) is 26.8. The summed E-state index contributed by atoms with van der Waals surface area (Å²) in [5.74, 6) is 0.0679. The fraction of sp³-hybridized carbons (Fsp3) is 0.636. The highest BCUT2D eigenvalue weighted by Gasteiger charge is 2.26. The summed E-state index contributed by atoms with van der Waals surface area (Å²) in [6.07, 6.45) is 2.56. The van der Waals surface area contributed by atoms with Gasteiger partial charge in [-0.2, -0.15) is 0 Å². The van der Waals surface area contributed by atoms with Gasteiger partial charge in [-0.1, -0.05) is 29.3 Å². The van der Waals surface area contributed by atoms with Crippen LogP contribution in [0.5, 0.6) is 0 Å². The van der Waals surface area contributed by atoms with Crippen molar-refractivity contribution in [1.29, 1.82) is 0 Å². The van der Waals surface area contributed by atoms with Gasteiger partial charge >= 0.3 is 0 Å². The van der Waals surface area contributed by atoms with E-state index in [1.54, 1.807) is 12.1 Å². The lowest BCUT2D eigenvalue weighted by atomic mass is 9.96. The fourth-order valence-electron chi connectivity index (χ4n) is 3.52. The molecule has 1 aromatic carbocycles. The van der Waals surface area contributed by atoms with E-state index >= 15 is 0 Å². The summed E-state index contributed by atoms with van der Waals surface area (Å²) < 4.78 is 5.48. The molecular formula is C22H33Cl2N3O3. The van der Waals surface area contributed by atoms with Gasteiger partial charge in [0.25, 0.3) is 0 Å². The molecule has 2 amide bonds. The maximum absolute atomic E-state index is 12.4. The number of hydrogen-bond acceptors (Lipinski definition) is 4. The Balaban J connectivity index is 1.67. The molecule has 0 radical (unpaired) electrons. The zero-order valence-corrected chi connectivity index (χ0v) is 19.6. The monoisotopic (exact) mass is 457 g/mol. The molecule has 1 saturated heterocycles. The summed E-state index contributed by atoms with van der Waals surface area (Å²) in [5.41, 5.74) is 0.837. The zero-order chi connectivity index (χ0) is 22.1. The van der Waals surface area contributed by atoms with Crippen molar-refractivity contribution in [2.45, 2.75) is 52.2 Å². The largest absolute Gasteiger partial charge is 0.379 e. The van der Waals surface area contributed by atoms with E-state index < -0.39 is 0 Å². The SMILES string of the molecule is CC(C)OCCCNC(=O)C1CCN(CC(=O)NC(C)c2ccc(Cl)cc2Cl)CC1. The minimum atomic E-state index is -0.203. The summed E-state index contributed by atoms with van der Waals surface area (Å²) in [5, 5.41) is 7.09. The fourth-order valence-corrected chi connectivity index (χ4v) is 4.09. The first kappa shape index (κ1) is 24.9. The number of carbonyl (C=O) groups excluding carboxylic acids is 2. The lowest BCUT2D eigenvalue weighted by Gasteiger charge is -2.31. The number of nitrogens with one attached hydrogen (secondary N) is 2. The Morgan fingerprint density at radius 2 is 1.90 bits per heavy atom. The molecule has 0 aromatic heterocycles. The highest BCUT2D eigenvalue weighted by atomic mass is 35.5. The first-order chi connectivity index (χ1) is 14.3. The highest BCUT2D eigenvalue weighted by molar-refractivity contribution is 6.35. The van der Waals surface area contributed by atoms with E-state index in [0.717, 1.165) is 37.9 Å². The number of rotatable bonds is 10. The predicted octanol–water partition coefficient (Wildman–Crippen LogP) is 3.81. The first-order valence-electron chi connectivity index (χ1n) is 10.6. The normalized spacial score (nSPS) is 16.5. The van der Waals surface area contributed by atoms with Crippen molar-refractivity contribution >= 4 is 35.0 Å². The molecular weight excluding hydrogens is 425 g/mol. The van der Waals surface area contributed by atoms with E-state index in [2.05, 4.69) is 15.5 Å². The van der Waals surface area contributed by atoms with Gasteiger partial charge in [-0.25, -0.2) is 0 Å². The van der Waals surface area contributed by atoms with Gasteiger partial charge in [-0.05, 0) is 70.8 Å². The molecule has 8 heteroatoms. The third-order valence-electron chi connectivity index (χ3n) is 5.20. The minimum Gasteiger partial charge on any atom is -0.379 e. The van der Waals surface area contributed by atoms with Crippen LogP contribution in [0.4, 0.5) is 0 Å². The number of hydrogen-bond donors (Lipinski definition) is 2. The number of likely N-dealkylation sites (tertiary alicyclic amines) is 1. The van der Waals surface area contributed by atoms with Crippen molar-refractivity contribution < 1.29 is 14.3 Å². The molecule has 168 valence electrons. The van der Waals surface area contributed by atoms with Crippen LogP contribution < -0.4 is 10.6 Å². The van der Waals surface area contributed by atoms with Gasteiger partial charge in [0.2, 0.25) is 11.8 Å². The van der Waals surface area contributed by atoms with Crippen LogP contribution in [0.1, 0.15) is 51.6 Å². The van der Waals surface area contributed by atoms with Gasteiger partial charge in [-0.15, -0.1) is 0 Å². The molecule has 1 fully saturated rings. The molecule has 30 heavy (non-hydrogen) atoms. The van der Waals surface area contributed by atoms with Crippen LogP contribution in [-0.2, 0) is 14.3 Å². The van der Waals surface area contributed by atoms with Crippen LogP contribution in [0, 0.1) is 5.92 Å². The molecule has 1 aliphatic rings. The lowest BCUT2D eigenvalue weighted by Crippen LogP contribution is -2.45. The third-order valence-corrected chi connectivity index (χ3v) is 5.77. The van der Waals surface area contributed by atoms with Crippen LogP contribution in [0.15, 0.2) is 18.2 Å². The van der Waals surface area contributed by atoms with Crippen LogP contribution in [0.2, 0.25) is 10.0 Å². The molecule has 2 N–H and O–H groups in total. The van der Waals surface area contributed by atoms with Gasteiger partial charge in [0.15, 0.2) is 0 Å². The van der Waals surface area contributed by atoms with Crippen LogP contribution in [0.3, 0.4) is 0 Å². The molecule has 1 unspecified atom stereocenters. The predicted molar refractivity (Wildman–Crippen MR) is 121 cm³/mol. The number of ether oxygens (including phenoxy) is 1. The third kappa shape index (κ3) is 8.42. The van der Waals surface area contributed by atoms with Crippen LogP contribution in [0.25, 0.3) is 0 Å². The number of amides is 2. The zero-order valence-electron chi connectivity index (χ0n) is 18.0. The molecule has 0 bridgehead atoms. The van der Waals surface area contributed by atoms with Crippen molar-refractivity contribution in [2.75, 3.05) is 32.8 Å². The van der Waals surface area contributed by atoms with E-state index in [1.807, 2.05) is 26.8 Å². The molecule has 0 aliphatic carbocycles. The lowest BCUT2D eigenvalue weighted by molar-refractivity contribution is -0.127. The Morgan fingerprint density at radius 3 is 2.53 bits per heavy atom. The molecule has 0 saturated carbocycles. The molecule has 1 aromatic rings. The first-order valence-corrected chi connectivity index (χ1v) is 11.4. The van der Waals surface area contributed by atoms with E-state index in [4.69, 9.17) is 27.9 Å².